The van der Waals surface area contributed by atoms with Gasteiger partial charge < -0.3 is 4.74 Å². The van der Waals surface area contributed by atoms with Gasteiger partial charge in [0.2, 0.25) is 4.38 Å². The fraction of sp³-hybridized carbons (Fsp3) is 0.750. The van der Waals surface area contributed by atoms with Gasteiger partial charge >= 0.3 is 0 Å². The summed E-state index contributed by atoms with van der Waals surface area (Å²) in [5.74, 6) is 0. The Hall–Kier alpha value is 0.170. The molecule has 0 bridgehead atoms. The van der Waals surface area contributed by atoms with Gasteiger partial charge in [-0.25, -0.2) is 4.39 Å². The van der Waals surface area contributed by atoms with Crippen LogP contribution in [0.15, 0.2) is 0 Å². The molecule has 1 rings (SSSR count). The summed E-state index contributed by atoms with van der Waals surface area (Å²) in [5.41, 5.74) is 0. The van der Waals surface area contributed by atoms with Gasteiger partial charge in [0.05, 0.1) is 5.25 Å². The maximum Gasteiger partial charge on any atom is 0.252 e. The van der Waals surface area contributed by atoms with E-state index in [4.69, 9.17) is 0 Å². The van der Waals surface area contributed by atoms with Crippen LogP contribution in [0, 0.1) is 0 Å². The Balaban J connectivity index is 2.51. The standard InChI is InChI=1S/C4H5FOS2/c1-2-3(5)6-4(7)8-2/h2-3H,1H3. The molecule has 46 valence electrons. The van der Waals surface area contributed by atoms with Crippen molar-refractivity contribution in [3.63, 3.8) is 0 Å². The Kier molecular flexibility index (Phi) is 1.72. The van der Waals surface area contributed by atoms with E-state index in [1.54, 1.807) is 6.92 Å². The Morgan fingerprint density at radius 3 is 2.62 bits per heavy atom. The summed E-state index contributed by atoms with van der Waals surface area (Å²) in [5, 5.41) is -0.123. The third-order valence-corrected chi connectivity index (χ3v) is 2.12. The average Bonchev–Trinajstić information content (AvgIpc) is 1.85. The Morgan fingerprint density at radius 1 is 1.88 bits per heavy atom. The van der Waals surface area contributed by atoms with E-state index in [-0.39, 0.29) is 5.25 Å². The number of thioether (sulfide) groups is 1. The van der Waals surface area contributed by atoms with Crippen LogP contribution in [0.4, 0.5) is 4.39 Å². The van der Waals surface area contributed by atoms with E-state index in [0.29, 0.717) is 4.38 Å². The third kappa shape index (κ3) is 1.11. The normalized spacial score (nSPS) is 37.5. The van der Waals surface area contributed by atoms with Crippen LogP contribution in [0.25, 0.3) is 0 Å². The minimum absolute atomic E-state index is 0.123. The largest absolute Gasteiger partial charge is 0.443 e. The molecule has 4 heteroatoms. The molecule has 1 aliphatic rings. The first-order valence-corrected chi connectivity index (χ1v) is 3.50. The van der Waals surface area contributed by atoms with Crippen molar-refractivity contribution >= 4 is 28.4 Å². The number of rotatable bonds is 0. The lowest BCUT2D eigenvalue weighted by Gasteiger charge is -1.98. The second kappa shape index (κ2) is 2.19. The molecule has 8 heavy (non-hydrogen) atoms. The molecule has 0 aromatic rings. The highest BCUT2D eigenvalue weighted by Crippen LogP contribution is 2.28. The molecule has 0 N–H and O–H groups in total. The lowest BCUT2D eigenvalue weighted by atomic mass is 10.5. The molecule has 1 saturated heterocycles. The molecule has 2 atom stereocenters. The summed E-state index contributed by atoms with van der Waals surface area (Å²) in [6, 6.07) is 0. The highest BCUT2D eigenvalue weighted by Gasteiger charge is 2.28. The number of hydrogen-bond acceptors (Lipinski definition) is 3. The molecule has 1 heterocycles. The predicted octanol–water partition coefficient (Wildman–Crippen LogP) is 1.72. The molecule has 1 nitrogen and oxygen atoms in total. The number of halogens is 1. The van der Waals surface area contributed by atoms with Gasteiger partial charge in [-0.05, 0) is 19.1 Å². The lowest BCUT2D eigenvalue weighted by molar-refractivity contribution is 0.0744. The second-order valence-electron chi connectivity index (χ2n) is 1.54. The molecule has 1 aliphatic heterocycles. The van der Waals surface area contributed by atoms with E-state index in [1.165, 1.54) is 11.8 Å². The topological polar surface area (TPSA) is 9.23 Å². The molecular formula is C4H5FOS2. The lowest BCUT2D eigenvalue weighted by Crippen LogP contribution is -2.08. The average molecular weight is 152 g/mol. The fourth-order valence-corrected chi connectivity index (χ4v) is 1.58. The van der Waals surface area contributed by atoms with E-state index in [9.17, 15) is 4.39 Å². The zero-order chi connectivity index (χ0) is 6.15. The number of hydrogen-bond donors (Lipinski definition) is 0. The highest BCUT2D eigenvalue weighted by molar-refractivity contribution is 8.23. The zero-order valence-electron chi connectivity index (χ0n) is 4.26. The highest BCUT2D eigenvalue weighted by atomic mass is 32.2. The van der Waals surface area contributed by atoms with Crippen LogP contribution < -0.4 is 0 Å². The van der Waals surface area contributed by atoms with Crippen molar-refractivity contribution in [3.8, 4) is 0 Å². The number of alkyl halides is 1. The van der Waals surface area contributed by atoms with Crippen molar-refractivity contribution in [2.45, 2.75) is 18.5 Å². The molecule has 0 aromatic carbocycles. The van der Waals surface area contributed by atoms with Crippen molar-refractivity contribution in [1.82, 2.24) is 0 Å². The van der Waals surface area contributed by atoms with Gasteiger partial charge in [-0.3, -0.25) is 0 Å². The fourth-order valence-electron chi connectivity index (χ4n) is 0.421. The summed E-state index contributed by atoms with van der Waals surface area (Å²) >= 11 is 5.84. The van der Waals surface area contributed by atoms with Crippen molar-refractivity contribution < 1.29 is 9.13 Å². The minimum Gasteiger partial charge on any atom is -0.443 e. The van der Waals surface area contributed by atoms with Crippen molar-refractivity contribution in [1.29, 1.82) is 0 Å². The van der Waals surface area contributed by atoms with Gasteiger partial charge in [0.25, 0.3) is 6.36 Å². The number of thiocarbonyl (C=S) groups is 1. The Morgan fingerprint density at radius 2 is 2.50 bits per heavy atom. The predicted molar refractivity (Wildman–Crippen MR) is 35.6 cm³/mol. The van der Waals surface area contributed by atoms with Gasteiger partial charge in [-0.1, -0.05) is 11.8 Å². The van der Waals surface area contributed by atoms with Crippen LogP contribution in [0.5, 0.6) is 0 Å². The maximum atomic E-state index is 12.2. The van der Waals surface area contributed by atoms with E-state index in [0.717, 1.165) is 0 Å². The van der Waals surface area contributed by atoms with E-state index in [1.807, 2.05) is 0 Å². The summed E-state index contributed by atoms with van der Waals surface area (Å²) in [7, 11) is 0. The maximum absolute atomic E-state index is 12.2. The first-order chi connectivity index (χ1) is 3.70. The quantitative estimate of drug-likeness (QED) is 0.489. The third-order valence-electron chi connectivity index (χ3n) is 0.860. The van der Waals surface area contributed by atoms with Crippen LogP contribution in [0.1, 0.15) is 6.92 Å². The molecule has 0 aromatic heterocycles. The zero-order valence-corrected chi connectivity index (χ0v) is 5.89. The van der Waals surface area contributed by atoms with Gasteiger partial charge in [-0.2, -0.15) is 0 Å². The van der Waals surface area contributed by atoms with E-state index < -0.39 is 6.36 Å². The van der Waals surface area contributed by atoms with Crippen molar-refractivity contribution in [3.05, 3.63) is 0 Å². The monoisotopic (exact) mass is 152 g/mol. The van der Waals surface area contributed by atoms with Crippen LogP contribution in [0.2, 0.25) is 0 Å². The first-order valence-electron chi connectivity index (χ1n) is 2.21. The number of ether oxygens (including phenoxy) is 1. The van der Waals surface area contributed by atoms with Crippen molar-refractivity contribution in [2.24, 2.45) is 0 Å². The Bertz CT molecular complexity index is 105. The van der Waals surface area contributed by atoms with Gasteiger partial charge in [0.1, 0.15) is 0 Å². The van der Waals surface area contributed by atoms with Crippen LogP contribution in [-0.2, 0) is 4.74 Å². The first kappa shape index (κ1) is 6.29. The molecular weight excluding hydrogens is 147 g/mol. The molecule has 0 radical (unpaired) electrons. The molecule has 1 fully saturated rings. The molecule has 0 spiro atoms. The second-order valence-corrected chi connectivity index (χ2v) is 3.52. The van der Waals surface area contributed by atoms with Crippen LogP contribution >= 0.6 is 24.0 Å². The summed E-state index contributed by atoms with van der Waals surface area (Å²) in [4.78, 5) is 0. The molecule has 2 unspecified atom stereocenters. The summed E-state index contributed by atoms with van der Waals surface area (Å²) < 4.78 is 17.1. The van der Waals surface area contributed by atoms with Crippen LogP contribution in [0.3, 0.4) is 0 Å². The Labute approximate surface area is 56.6 Å². The SMILES string of the molecule is CC1SC(=S)OC1F. The molecule has 0 aliphatic carbocycles. The van der Waals surface area contributed by atoms with Crippen molar-refractivity contribution in [2.75, 3.05) is 0 Å². The molecule has 0 amide bonds. The van der Waals surface area contributed by atoms with Gasteiger partial charge in [-0.15, -0.1) is 0 Å². The summed E-state index contributed by atoms with van der Waals surface area (Å²) in [6.45, 7) is 1.74. The van der Waals surface area contributed by atoms with Gasteiger partial charge in [0.15, 0.2) is 0 Å². The van der Waals surface area contributed by atoms with E-state index >= 15 is 0 Å². The van der Waals surface area contributed by atoms with Gasteiger partial charge in [0, 0.05) is 0 Å². The molecule has 0 saturated carbocycles. The van der Waals surface area contributed by atoms with E-state index in [2.05, 4.69) is 17.0 Å². The van der Waals surface area contributed by atoms with Crippen LogP contribution in [-0.4, -0.2) is 16.0 Å². The minimum atomic E-state index is -1.19. The smallest absolute Gasteiger partial charge is 0.252 e. The summed E-state index contributed by atoms with van der Waals surface area (Å²) in [6.07, 6.45) is -1.19.